The third-order valence-electron chi connectivity index (χ3n) is 8.95. The maximum atomic E-state index is 12.2. The van der Waals surface area contributed by atoms with E-state index in [9.17, 15) is 14.7 Å². The Hall–Kier alpha value is -1.32. The van der Waals surface area contributed by atoms with Crippen LogP contribution in [-0.4, -0.2) is 23.1 Å². The molecule has 4 aliphatic carbocycles. The van der Waals surface area contributed by atoms with E-state index < -0.39 is 11.4 Å². The number of carbonyl (C=O) groups is 2. The second-order valence-corrected chi connectivity index (χ2v) is 10.0. The molecule has 4 rings (SSSR count). The lowest BCUT2D eigenvalue weighted by Crippen LogP contribution is -2.60. The lowest BCUT2D eigenvalue weighted by molar-refractivity contribution is -0.195. The Bertz CT molecular complexity index is 669. The molecule has 0 aromatic carbocycles. The molecular weight excluding hydrogens is 328 g/mol. The van der Waals surface area contributed by atoms with E-state index in [1.807, 2.05) is 6.92 Å². The van der Waals surface area contributed by atoms with Gasteiger partial charge in [0.05, 0.1) is 5.41 Å². The third-order valence-corrected chi connectivity index (χ3v) is 8.95. The van der Waals surface area contributed by atoms with Crippen LogP contribution in [0.15, 0.2) is 12.2 Å². The van der Waals surface area contributed by atoms with Crippen molar-refractivity contribution in [3.8, 4) is 0 Å². The van der Waals surface area contributed by atoms with Crippen molar-refractivity contribution in [2.75, 3.05) is 0 Å². The number of hydrogen-bond acceptors (Lipinski definition) is 3. The largest absolute Gasteiger partial charge is 0.481 e. The molecule has 0 aromatic heterocycles. The van der Waals surface area contributed by atoms with Gasteiger partial charge in [-0.05, 0) is 80.6 Å². The predicted molar refractivity (Wildman–Crippen MR) is 98.4 cm³/mol. The number of carbonyl (C=O) groups excluding carboxylic acids is 1. The van der Waals surface area contributed by atoms with Crippen LogP contribution in [0.1, 0.15) is 72.1 Å². The first-order valence-corrected chi connectivity index (χ1v) is 10.2. The van der Waals surface area contributed by atoms with Crippen LogP contribution >= 0.6 is 0 Å². The zero-order valence-corrected chi connectivity index (χ0v) is 16.3. The van der Waals surface area contributed by atoms with Gasteiger partial charge < -0.3 is 9.84 Å². The van der Waals surface area contributed by atoms with E-state index in [0.717, 1.165) is 56.9 Å². The second kappa shape index (κ2) is 5.59. The SMILES string of the molecule is C=C1C(OC(C)=O)[C@]23CC[C@@H]4[C@](C)(CCC[C@@]4(C)C(=O)O)[C@H]2CC[C@H]1C3. The van der Waals surface area contributed by atoms with Crippen molar-refractivity contribution in [3.05, 3.63) is 12.2 Å². The minimum absolute atomic E-state index is 0.0115. The van der Waals surface area contributed by atoms with E-state index in [0.29, 0.717) is 11.8 Å². The van der Waals surface area contributed by atoms with Crippen LogP contribution in [-0.2, 0) is 14.3 Å². The molecular formula is C22H32O4. The van der Waals surface area contributed by atoms with Crippen molar-refractivity contribution in [1.29, 1.82) is 0 Å². The molecule has 0 heterocycles. The summed E-state index contributed by atoms with van der Waals surface area (Å²) in [4.78, 5) is 24.0. The molecule has 0 aliphatic heterocycles. The monoisotopic (exact) mass is 360 g/mol. The summed E-state index contributed by atoms with van der Waals surface area (Å²) in [5.41, 5.74) is 0.477. The van der Waals surface area contributed by atoms with Crippen molar-refractivity contribution in [2.45, 2.75) is 78.2 Å². The van der Waals surface area contributed by atoms with Crippen molar-refractivity contribution in [1.82, 2.24) is 0 Å². The van der Waals surface area contributed by atoms with Gasteiger partial charge in [-0.2, -0.15) is 0 Å². The molecule has 1 spiro atoms. The normalized spacial score (nSPS) is 49.9. The highest BCUT2D eigenvalue weighted by atomic mass is 16.5. The van der Waals surface area contributed by atoms with Gasteiger partial charge in [-0.15, -0.1) is 0 Å². The first-order valence-electron chi connectivity index (χ1n) is 10.2. The highest BCUT2D eigenvalue weighted by molar-refractivity contribution is 5.75. The first kappa shape index (κ1) is 18.1. The maximum absolute atomic E-state index is 12.2. The van der Waals surface area contributed by atoms with E-state index in [1.165, 1.54) is 6.92 Å². The smallest absolute Gasteiger partial charge is 0.309 e. The Balaban J connectivity index is 1.77. The number of esters is 1. The van der Waals surface area contributed by atoms with E-state index in [-0.39, 0.29) is 28.8 Å². The van der Waals surface area contributed by atoms with Gasteiger partial charge >= 0.3 is 11.9 Å². The minimum atomic E-state index is -0.634. The fourth-order valence-corrected chi connectivity index (χ4v) is 7.95. The molecule has 4 aliphatic rings. The number of carboxylic acids is 1. The third kappa shape index (κ3) is 2.13. The zero-order chi connectivity index (χ0) is 18.9. The number of rotatable bonds is 2. The average molecular weight is 360 g/mol. The Morgan fingerprint density at radius 2 is 1.85 bits per heavy atom. The second-order valence-electron chi connectivity index (χ2n) is 10.0. The van der Waals surface area contributed by atoms with Crippen molar-refractivity contribution < 1.29 is 19.4 Å². The van der Waals surface area contributed by atoms with E-state index >= 15 is 0 Å². The van der Waals surface area contributed by atoms with Crippen LogP contribution in [0, 0.1) is 34.0 Å². The fourth-order valence-electron chi connectivity index (χ4n) is 7.95. The molecule has 0 radical (unpaired) electrons. The number of hydrogen-bond donors (Lipinski definition) is 1. The number of carboxylic acid groups (broad SMARTS) is 1. The lowest BCUT2D eigenvalue weighted by atomic mass is 9.40. The average Bonchev–Trinajstić information content (AvgIpc) is 2.75. The van der Waals surface area contributed by atoms with Crippen molar-refractivity contribution >= 4 is 11.9 Å². The summed E-state index contributed by atoms with van der Waals surface area (Å²) in [6.45, 7) is 10.1. The van der Waals surface area contributed by atoms with E-state index in [1.54, 1.807) is 0 Å². The van der Waals surface area contributed by atoms with Crippen LogP contribution in [0.4, 0.5) is 0 Å². The summed E-state index contributed by atoms with van der Waals surface area (Å²) in [5, 5.41) is 10.0. The van der Waals surface area contributed by atoms with Crippen LogP contribution in [0.2, 0.25) is 0 Å². The number of aliphatic carboxylic acids is 1. The summed E-state index contributed by atoms with van der Waals surface area (Å²) < 4.78 is 5.87. The highest BCUT2D eigenvalue weighted by Gasteiger charge is 2.68. The molecule has 0 amide bonds. The van der Waals surface area contributed by atoms with Gasteiger partial charge in [-0.25, -0.2) is 0 Å². The van der Waals surface area contributed by atoms with Crippen molar-refractivity contribution in [2.24, 2.45) is 34.0 Å². The van der Waals surface area contributed by atoms with Crippen LogP contribution in [0.5, 0.6) is 0 Å². The number of ether oxygens (including phenoxy) is 1. The topological polar surface area (TPSA) is 63.6 Å². The predicted octanol–water partition coefficient (Wildman–Crippen LogP) is 4.58. The molecule has 4 saturated carbocycles. The summed E-state index contributed by atoms with van der Waals surface area (Å²) in [6.07, 6.45) is 7.86. The molecule has 1 unspecified atom stereocenters. The van der Waals surface area contributed by atoms with Gasteiger partial charge in [0.2, 0.25) is 0 Å². The van der Waals surface area contributed by atoms with E-state index in [4.69, 9.17) is 4.74 Å². The molecule has 1 N–H and O–H groups in total. The molecule has 0 aromatic rings. The Kier molecular flexibility index (Phi) is 3.88. The summed E-state index contributed by atoms with van der Waals surface area (Å²) >= 11 is 0. The Labute approximate surface area is 156 Å². The van der Waals surface area contributed by atoms with Gasteiger partial charge in [-0.1, -0.05) is 19.9 Å². The van der Waals surface area contributed by atoms with Gasteiger partial charge in [0.25, 0.3) is 0 Å². The minimum Gasteiger partial charge on any atom is -0.481 e. The van der Waals surface area contributed by atoms with E-state index in [2.05, 4.69) is 13.5 Å². The summed E-state index contributed by atoms with van der Waals surface area (Å²) in [5.74, 6) is 0.242. The molecule has 4 nitrogen and oxygen atoms in total. The fraction of sp³-hybridized carbons (Fsp3) is 0.818. The van der Waals surface area contributed by atoms with Crippen LogP contribution < -0.4 is 0 Å². The maximum Gasteiger partial charge on any atom is 0.309 e. The molecule has 4 fully saturated rings. The van der Waals surface area contributed by atoms with Gasteiger partial charge in [0, 0.05) is 12.3 Å². The highest BCUT2D eigenvalue weighted by Crippen LogP contribution is 2.72. The molecule has 26 heavy (non-hydrogen) atoms. The standard InChI is InChI=1S/C22H32O4/c1-13-15-6-7-17-20(3)9-5-10-21(4,19(24)25)16(20)8-11-22(17,12-15)18(13)26-14(2)23/h15-18H,1,5-12H2,2-4H3,(H,24,25)/t15-,16+,17+,18?,20-,21+,22-/m0/s1. The summed E-state index contributed by atoms with van der Waals surface area (Å²) in [6, 6.07) is 0. The molecule has 7 atom stereocenters. The zero-order valence-electron chi connectivity index (χ0n) is 16.3. The molecule has 0 saturated heterocycles. The molecule has 4 heteroatoms. The Morgan fingerprint density at radius 3 is 2.50 bits per heavy atom. The Morgan fingerprint density at radius 1 is 1.12 bits per heavy atom. The first-order chi connectivity index (χ1) is 12.1. The molecule has 2 bridgehead atoms. The van der Waals surface area contributed by atoms with Gasteiger partial charge in [0.1, 0.15) is 6.10 Å². The van der Waals surface area contributed by atoms with Crippen LogP contribution in [0.3, 0.4) is 0 Å². The van der Waals surface area contributed by atoms with Crippen LogP contribution in [0.25, 0.3) is 0 Å². The van der Waals surface area contributed by atoms with Crippen molar-refractivity contribution in [3.63, 3.8) is 0 Å². The van der Waals surface area contributed by atoms with Gasteiger partial charge in [0.15, 0.2) is 0 Å². The molecule has 144 valence electrons. The van der Waals surface area contributed by atoms with Gasteiger partial charge in [-0.3, -0.25) is 9.59 Å². The quantitative estimate of drug-likeness (QED) is 0.578. The number of fused-ring (bicyclic) bond motifs is 3. The summed E-state index contributed by atoms with van der Waals surface area (Å²) in [7, 11) is 0. The lowest BCUT2D eigenvalue weighted by Gasteiger charge is -2.63.